The SMILES string of the molecule is CC12CC(NC(=O)N1C1CC1)c1cc(F)cc(F)c1O2. The van der Waals surface area contributed by atoms with Gasteiger partial charge in [-0.15, -0.1) is 0 Å². The lowest BCUT2D eigenvalue weighted by molar-refractivity contribution is -0.0901. The predicted molar refractivity (Wildman–Crippen MR) is 66.1 cm³/mol. The second-order valence-corrected chi connectivity index (χ2v) is 5.89. The minimum absolute atomic E-state index is 0.0517. The van der Waals surface area contributed by atoms with E-state index in [0.717, 1.165) is 18.9 Å². The van der Waals surface area contributed by atoms with Crippen LogP contribution in [0, 0.1) is 11.6 Å². The van der Waals surface area contributed by atoms with Gasteiger partial charge in [0.2, 0.25) is 0 Å². The summed E-state index contributed by atoms with van der Waals surface area (Å²) in [5.74, 6) is -1.33. The average Bonchev–Trinajstić information content (AvgIpc) is 3.14. The van der Waals surface area contributed by atoms with Crippen LogP contribution in [0.25, 0.3) is 0 Å². The van der Waals surface area contributed by atoms with Crippen molar-refractivity contribution in [1.29, 1.82) is 0 Å². The summed E-state index contributed by atoms with van der Waals surface area (Å²) in [5, 5.41) is 2.83. The van der Waals surface area contributed by atoms with E-state index >= 15 is 0 Å². The van der Waals surface area contributed by atoms with Crippen molar-refractivity contribution in [3.63, 3.8) is 0 Å². The molecule has 3 aliphatic rings. The molecule has 106 valence electrons. The molecule has 0 spiro atoms. The van der Waals surface area contributed by atoms with Crippen LogP contribution in [0.3, 0.4) is 0 Å². The van der Waals surface area contributed by atoms with Crippen molar-refractivity contribution in [3.05, 3.63) is 29.3 Å². The lowest BCUT2D eigenvalue weighted by Gasteiger charge is -2.51. The van der Waals surface area contributed by atoms with Gasteiger partial charge in [0.25, 0.3) is 0 Å². The fourth-order valence-corrected chi connectivity index (χ4v) is 3.29. The molecule has 0 aromatic heterocycles. The third-order valence-corrected chi connectivity index (χ3v) is 4.26. The highest BCUT2D eigenvalue weighted by atomic mass is 19.1. The van der Waals surface area contributed by atoms with Gasteiger partial charge in [-0.3, -0.25) is 4.90 Å². The molecular weight excluding hydrogens is 266 g/mol. The monoisotopic (exact) mass is 280 g/mol. The Bertz CT molecular complexity index is 617. The number of ether oxygens (including phenoxy) is 1. The van der Waals surface area contributed by atoms with E-state index in [1.807, 2.05) is 0 Å². The van der Waals surface area contributed by atoms with Crippen LogP contribution in [-0.4, -0.2) is 22.7 Å². The zero-order valence-corrected chi connectivity index (χ0v) is 11.0. The number of carbonyl (C=O) groups is 1. The van der Waals surface area contributed by atoms with Crippen molar-refractivity contribution in [1.82, 2.24) is 10.2 Å². The number of rotatable bonds is 1. The lowest BCUT2D eigenvalue weighted by atomic mass is 9.90. The molecule has 1 aromatic rings. The van der Waals surface area contributed by atoms with E-state index in [1.54, 1.807) is 11.8 Å². The van der Waals surface area contributed by atoms with Gasteiger partial charge in [0.05, 0.1) is 6.04 Å². The first-order valence-electron chi connectivity index (χ1n) is 6.76. The number of fused-ring (bicyclic) bond motifs is 4. The highest BCUT2D eigenvalue weighted by Crippen LogP contribution is 2.48. The largest absolute Gasteiger partial charge is 0.465 e. The Morgan fingerprint density at radius 2 is 2.15 bits per heavy atom. The third-order valence-electron chi connectivity index (χ3n) is 4.26. The molecule has 2 unspecified atom stereocenters. The number of nitrogens with zero attached hydrogens (tertiary/aromatic N) is 1. The topological polar surface area (TPSA) is 41.6 Å². The molecular formula is C14H14F2N2O2. The molecule has 2 bridgehead atoms. The third kappa shape index (κ3) is 1.53. The zero-order chi connectivity index (χ0) is 14.1. The summed E-state index contributed by atoms with van der Waals surface area (Å²) in [6.45, 7) is 1.79. The standard InChI is InChI=1S/C14H14F2N2O2/c1-14-6-11(17-13(19)18(14)8-2-3-8)9-4-7(15)5-10(16)12(9)20-14/h4-5,8,11H,2-3,6H2,1H3,(H,17,19). The van der Waals surface area contributed by atoms with Crippen LogP contribution in [0.2, 0.25) is 0 Å². The maximum absolute atomic E-state index is 14.0. The molecule has 2 aliphatic heterocycles. The van der Waals surface area contributed by atoms with Gasteiger partial charge < -0.3 is 10.1 Å². The summed E-state index contributed by atoms with van der Waals surface area (Å²) in [6.07, 6.45) is 2.37. The Morgan fingerprint density at radius 3 is 2.85 bits per heavy atom. The van der Waals surface area contributed by atoms with Gasteiger partial charge in [0, 0.05) is 24.1 Å². The minimum atomic E-state index is -0.861. The summed E-state index contributed by atoms with van der Waals surface area (Å²) in [7, 11) is 0. The zero-order valence-electron chi connectivity index (χ0n) is 11.0. The Balaban J connectivity index is 1.83. The van der Waals surface area contributed by atoms with Crippen molar-refractivity contribution in [2.75, 3.05) is 0 Å². The molecule has 4 rings (SSSR count). The van der Waals surface area contributed by atoms with Crippen LogP contribution < -0.4 is 10.1 Å². The van der Waals surface area contributed by atoms with Gasteiger partial charge >= 0.3 is 6.03 Å². The van der Waals surface area contributed by atoms with E-state index in [9.17, 15) is 13.6 Å². The second-order valence-electron chi connectivity index (χ2n) is 5.89. The number of hydrogen-bond donors (Lipinski definition) is 1. The number of urea groups is 1. The van der Waals surface area contributed by atoms with Crippen molar-refractivity contribution >= 4 is 6.03 Å². The molecule has 6 heteroatoms. The summed E-state index contributed by atoms with van der Waals surface area (Å²) < 4.78 is 33.1. The van der Waals surface area contributed by atoms with Crippen molar-refractivity contribution < 1.29 is 18.3 Å². The highest BCUT2D eigenvalue weighted by Gasteiger charge is 2.54. The number of nitrogens with one attached hydrogen (secondary N) is 1. The summed E-state index contributed by atoms with van der Waals surface area (Å²) >= 11 is 0. The van der Waals surface area contributed by atoms with Gasteiger partial charge in [0.15, 0.2) is 17.3 Å². The number of hydrogen-bond acceptors (Lipinski definition) is 2. The van der Waals surface area contributed by atoms with Gasteiger partial charge in [-0.1, -0.05) is 0 Å². The van der Waals surface area contributed by atoms with Crippen molar-refractivity contribution in [2.45, 2.75) is 44.0 Å². The maximum Gasteiger partial charge on any atom is 0.321 e. The number of amides is 2. The Kier molecular flexibility index (Phi) is 2.16. The van der Waals surface area contributed by atoms with E-state index in [-0.39, 0.29) is 17.8 Å². The molecule has 1 saturated heterocycles. The first-order chi connectivity index (χ1) is 9.48. The molecule has 1 aromatic carbocycles. The van der Waals surface area contributed by atoms with E-state index < -0.39 is 23.4 Å². The quantitative estimate of drug-likeness (QED) is 0.859. The van der Waals surface area contributed by atoms with Crippen LogP contribution in [0.5, 0.6) is 5.75 Å². The molecule has 1 aliphatic carbocycles. The van der Waals surface area contributed by atoms with Crippen LogP contribution >= 0.6 is 0 Å². The summed E-state index contributed by atoms with van der Waals surface area (Å²) in [4.78, 5) is 13.9. The number of halogens is 2. The Morgan fingerprint density at radius 1 is 1.40 bits per heavy atom. The first kappa shape index (κ1) is 11.9. The summed E-state index contributed by atoms with van der Waals surface area (Å²) in [6, 6.07) is 1.58. The van der Waals surface area contributed by atoms with Crippen LogP contribution in [0.4, 0.5) is 13.6 Å². The molecule has 2 fully saturated rings. The van der Waals surface area contributed by atoms with Crippen molar-refractivity contribution in [3.8, 4) is 5.75 Å². The fourth-order valence-electron chi connectivity index (χ4n) is 3.29. The molecule has 2 atom stereocenters. The van der Waals surface area contributed by atoms with Gasteiger partial charge in [-0.05, 0) is 25.8 Å². The van der Waals surface area contributed by atoms with Gasteiger partial charge in [-0.25, -0.2) is 13.6 Å². The minimum Gasteiger partial charge on any atom is -0.465 e. The lowest BCUT2D eigenvalue weighted by Crippen LogP contribution is -2.65. The molecule has 4 nitrogen and oxygen atoms in total. The first-order valence-corrected chi connectivity index (χ1v) is 6.76. The fraction of sp³-hybridized carbons (Fsp3) is 0.500. The van der Waals surface area contributed by atoms with Gasteiger partial charge in [-0.2, -0.15) is 0 Å². The van der Waals surface area contributed by atoms with E-state index in [1.165, 1.54) is 6.07 Å². The highest BCUT2D eigenvalue weighted by molar-refractivity contribution is 5.78. The van der Waals surface area contributed by atoms with Crippen LogP contribution in [0.15, 0.2) is 12.1 Å². The molecule has 1 N–H and O–H groups in total. The van der Waals surface area contributed by atoms with Gasteiger partial charge in [0.1, 0.15) is 5.82 Å². The smallest absolute Gasteiger partial charge is 0.321 e. The summed E-state index contributed by atoms with van der Waals surface area (Å²) in [5.41, 5.74) is -0.483. The molecule has 2 heterocycles. The van der Waals surface area contributed by atoms with Crippen LogP contribution in [0.1, 0.15) is 37.8 Å². The Hall–Kier alpha value is -1.85. The number of carbonyl (C=O) groups excluding carboxylic acids is 1. The Labute approximate surface area is 114 Å². The second kappa shape index (κ2) is 3.62. The average molecular weight is 280 g/mol. The number of benzene rings is 1. The molecule has 2 amide bonds. The molecule has 20 heavy (non-hydrogen) atoms. The molecule has 1 saturated carbocycles. The van der Waals surface area contributed by atoms with Crippen molar-refractivity contribution in [2.24, 2.45) is 0 Å². The van der Waals surface area contributed by atoms with E-state index in [2.05, 4.69) is 5.32 Å². The predicted octanol–water partition coefficient (Wildman–Crippen LogP) is 2.69. The van der Waals surface area contributed by atoms with E-state index in [4.69, 9.17) is 4.74 Å². The van der Waals surface area contributed by atoms with Crippen LogP contribution in [-0.2, 0) is 0 Å². The van der Waals surface area contributed by atoms with E-state index in [0.29, 0.717) is 12.0 Å². The molecule has 0 radical (unpaired) electrons. The normalized spacial score (nSPS) is 31.4. The maximum atomic E-state index is 14.0.